The van der Waals surface area contributed by atoms with Crippen molar-refractivity contribution in [3.63, 3.8) is 0 Å². The number of nitrogens with zero attached hydrogens (tertiary/aromatic N) is 2. The summed E-state index contributed by atoms with van der Waals surface area (Å²) < 4.78 is 0. The van der Waals surface area contributed by atoms with Crippen molar-refractivity contribution in [2.24, 2.45) is 0 Å². The molecule has 0 aliphatic heterocycles. The Hall–Kier alpha value is -2.01. The molecule has 1 unspecified atom stereocenters. The van der Waals surface area contributed by atoms with E-state index >= 15 is 0 Å². The number of pyridine rings is 1. The Morgan fingerprint density at radius 3 is 2.71 bits per heavy atom. The summed E-state index contributed by atoms with van der Waals surface area (Å²) in [6, 6.07) is 11.9. The van der Waals surface area contributed by atoms with E-state index in [0.29, 0.717) is 11.4 Å². The second kappa shape index (κ2) is 7.13. The molecule has 0 saturated carbocycles. The van der Waals surface area contributed by atoms with Crippen LogP contribution in [0.25, 0.3) is 0 Å². The minimum Gasteiger partial charge on any atom is -0.397 e. The first-order valence-electron chi connectivity index (χ1n) is 6.72. The highest BCUT2D eigenvalue weighted by atomic mass is 32.2. The van der Waals surface area contributed by atoms with Crippen LogP contribution in [0.1, 0.15) is 18.5 Å². The van der Waals surface area contributed by atoms with Crippen LogP contribution in [0.2, 0.25) is 0 Å². The molecule has 0 aliphatic carbocycles. The summed E-state index contributed by atoms with van der Waals surface area (Å²) in [6.07, 6.45) is 3.28. The maximum atomic E-state index is 12.3. The predicted octanol–water partition coefficient (Wildman–Crippen LogP) is 2.98. The lowest BCUT2D eigenvalue weighted by molar-refractivity contribution is -0.128. The van der Waals surface area contributed by atoms with E-state index in [2.05, 4.69) is 4.98 Å². The van der Waals surface area contributed by atoms with E-state index in [-0.39, 0.29) is 11.9 Å². The zero-order valence-electron chi connectivity index (χ0n) is 12.2. The molecular formula is C16H19N3OS. The Kier molecular flexibility index (Phi) is 5.22. The van der Waals surface area contributed by atoms with Crippen LogP contribution in [0.4, 0.5) is 5.69 Å². The van der Waals surface area contributed by atoms with Crippen molar-refractivity contribution >= 4 is 23.4 Å². The predicted molar refractivity (Wildman–Crippen MR) is 87.0 cm³/mol. The van der Waals surface area contributed by atoms with Crippen molar-refractivity contribution < 1.29 is 4.79 Å². The first-order valence-corrected chi connectivity index (χ1v) is 7.71. The van der Waals surface area contributed by atoms with Gasteiger partial charge in [0.1, 0.15) is 0 Å². The van der Waals surface area contributed by atoms with E-state index in [1.807, 2.05) is 50.4 Å². The first kappa shape index (κ1) is 15.4. The maximum absolute atomic E-state index is 12.3. The van der Waals surface area contributed by atoms with Crippen LogP contribution in [0.5, 0.6) is 0 Å². The van der Waals surface area contributed by atoms with Crippen LogP contribution in [-0.2, 0) is 4.79 Å². The van der Waals surface area contributed by atoms with Gasteiger partial charge in [-0.1, -0.05) is 30.3 Å². The summed E-state index contributed by atoms with van der Waals surface area (Å²) in [5.41, 5.74) is 7.56. The minimum atomic E-state index is 0.0501. The van der Waals surface area contributed by atoms with Gasteiger partial charge in [-0.2, -0.15) is 0 Å². The Morgan fingerprint density at radius 2 is 2.05 bits per heavy atom. The molecule has 0 saturated heterocycles. The zero-order valence-corrected chi connectivity index (χ0v) is 13.0. The van der Waals surface area contributed by atoms with Crippen LogP contribution in [0.3, 0.4) is 0 Å². The molecule has 2 N–H and O–H groups in total. The molecule has 0 aliphatic rings. The Bertz CT molecular complexity index is 603. The molecule has 1 amide bonds. The molecule has 0 spiro atoms. The molecule has 5 heteroatoms. The summed E-state index contributed by atoms with van der Waals surface area (Å²) in [5.74, 6) is 0.439. The van der Waals surface area contributed by atoms with Crippen molar-refractivity contribution in [3.8, 4) is 0 Å². The number of aromatic nitrogens is 1. The lowest BCUT2D eigenvalue weighted by atomic mass is 10.1. The molecule has 110 valence electrons. The molecule has 4 nitrogen and oxygen atoms in total. The number of nitrogen functional groups attached to an aromatic ring is 1. The topological polar surface area (TPSA) is 59.2 Å². The molecule has 0 fully saturated rings. The largest absolute Gasteiger partial charge is 0.397 e. The summed E-state index contributed by atoms with van der Waals surface area (Å²) in [6.45, 7) is 2.03. The van der Waals surface area contributed by atoms with Crippen LogP contribution in [-0.4, -0.2) is 28.6 Å². The van der Waals surface area contributed by atoms with E-state index in [1.165, 1.54) is 11.8 Å². The van der Waals surface area contributed by atoms with Gasteiger partial charge in [-0.05, 0) is 18.6 Å². The third kappa shape index (κ3) is 3.98. The highest BCUT2D eigenvalue weighted by Gasteiger charge is 2.17. The highest BCUT2D eigenvalue weighted by molar-refractivity contribution is 8.00. The van der Waals surface area contributed by atoms with Gasteiger partial charge in [0.25, 0.3) is 0 Å². The first-order chi connectivity index (χ1) is 10.1. The van der Waals surface area contributed by atoms with Crippen molar-refractivity contribution in [2.45, 2.75) is 17.9 Å². The van der Waals surface area contributed by atoms with Gasteiger partial charge in [-0.25, -0.2) is 0 Å². The minimum absolute atomic E-state index is 0.0501. The molecule has 1 heterocycles. The van der Waals surface area contributed by atoms with Crippen molar-refractivity contribution in [1.82, 2.24) is 9.88 Å². The van der Waals surface area contributed by atoms with E-state index < -0.39 is 0 Å². The summed E-state index contributed by atoms with van der Waals surface area (Å²) in [7, 11) is 1.83. The molecule has 0 bridgehead atoms. The van der Waals surface area contributed by atoms with Gasteiger partial charge < -0.3 is 10.6 Å². The van der Waals surface area contributed by atoms with Gasteiger partial charge in [0.15, 0.2) is 0 Å². The number of rotatable bonds is 5. The third-order valence-corrected chi connectivity index (χ3v) is 4.49. The number of carbonyl (C=O) groups is 1. The molecule has 2 aromatic rings. The Labute approximate surface area is 129 Å². The fraction of sp³-hybridized carbons (Fsp3) is 0.250. The van der Waals surface area contributed by atoms with Gasteiger partial charge in [0.2, 0.25) is 5.91 Å². The number of thioether (sulfide) groups is 1. The smallest absolute Gasteiger partial charge is 0.233 e. The van der Waals surface area contributed by atoms with Gasteiger partial charge in [-0.3, -0.25) is 9.78 Å². The zero-order chi connectivity index (χ0) is 15.2. The number of hydrogen-bond donors (Lipinski definition) is 1. The molecular weight excluding hydrogens is 282 g/mol. The summed E-state index contributed by atoms with van der Waals surface area (Å²) in [4.78, 5) is 18.9. The van der Waals surface area contributed by atoms with Crippen LogP contribution >= 0.6 is 11.8 Å². The van der Waals surface area contributed by atoms with Crippen LogP contribution in [0, 0.1) is 0 Å². The molecule has 1 aromatic heterocycles. The van der Waals surface area contributed by atoms with Crippen molar-refractivity contribution in [3.05, 3.63) is 54.4 Å². The molecule has 0 radical (unpaired) electrons. The molecule has 2 rings (SSSR count). The standard InChI is InChI=1S/C16H19N3OS/c1-12(13-6-4-3-5-7-13)19(2)16(20)11-21-15-8-9-18-10-14(15)17/h3-10,12H,11,17H2,1-2H3. The van der Waals surface area contributed by atoms with Gasteiger partial charge in [-0.15, -0.1) is 11.8 Å². The Morgan fingerprint density at radius 1 is 1.33 bits per heavy atom. The average molecular weight is 301 g/mol. The Balaban J connectivity index is 1.95. The number of anilines is 1. The number of carbonyl (C=O) groups excluding carboxylic acids is 1. The van der Waals surface area contributed by atoms with Gasteiger partial charge in [0, 0.05) is 18.1 Å². The molecule has 21 heavy (non-hydrogen) atoms. The lowest BCUT2D eigenvalue weighted by Crippen LogP contribution is -2.31. The fourth-order valence-corrected chi connectivity index (χ4v) is 2.80. The normalized spacial score (nSPS) is 11.9. The van der Waals surface area contributed by atoms with Crippen LogP contribution in [0.15, 0.2) is 53.7 Å². The summed E-state index contributed by atoms with van der Waals surface area (Å²) in [5, 5.41) is 0. The highest BCUT2D eigenvalue weighted by Crippen LogP contribution is 2.25. The number of hydrogen-bond acceptors (Lipinski definition) is 4. The van der Waals surface area contributed by atoms with Gasteiger partial charge in [0.05, 0.1) is 23.7 Å². The lowest BCUT2D eigenvalue weighted by Gasteiger charge is -2.25. The second-order valence-corrected chi connectivity index (χ2v) is 5.81. The fourth-order valence-electron chi connectivity index (χ4n) is 1.94. The SMILES string of the molecule is CC(c1ccccc1)N(C)C(=O)CSc1ccncc1N. The second-order valence-electron chi connectivity index (χ2n) is 4.79. The monoisotopic (exact) mass is 301 g/mol. The quantitative estimate of drug-likeness (QED) is 0.863. The molecule has 1 atom stereocenters. The maximum Gasteiger partial charge on any atom is 0.233 e. The molecule has 1 aromatic carbocycles. The van der Waals surface area contributed by atoms with Gasteiger partial charge >= 0.3 is 0 Å². The average Bonchev–Trinajstić information content (AvgIpc) is 2.53. The van der Waals surface area contributed by atoms with E-state index in [1.54, 1.807) is 17.3 Å². The van der Waals surface area contributed by atoms with E-state index in [4.69, 9.17) is 5.73 Å². The van der Waals surface area contributed by atoms with Crippen molar-refractivity contribution in [2.75, 3.05) is 18.5 Å². The van der Waals surface area contributed by atoms with Crippen LogP contribution < -0.4 is 5.73 Å². The number of amides is 1. The summed E-state index contributed by atoms with van der Waals surface area (Å²) >= 11 is 1.44. The third-order valence-electron chi connectivity index (χ3n) is 3.42. The van der Waals surface area contributed by atoms with E-state index in [9.17, 15) is 4.79 Å². The van der Waals surface area contributed by atoms with Crippen molar-refractivity contribution in [1.29, 1.82) is 0 Å². The van der Waals surface area contributed by atoms with E-state index in [0.717, 1.165) is 10.5 Å². The number of nitrogens with two attached hydrogens (primary N) is 1. The number of benzene rings is 1.